The van der Waals surface area contributed by atoms with E-state index < -0.39 is 46.1 Å². The van der Waals surface area contributed by atoms with Gasteiger partial charge in [-0.05, 0) is 151 Å². The quantitative estimate of drug-likeness (QED) is 0.180. The molecule has 12 saturated carbocycles. The Morgan fingerprint density at radius 3 is 1.37 bits per heavy atom. The molecule has 8 nitrogen and oxygen atoms in total. The average molecular weight is 715 g/mol. The van der Waals surface area contributed by atoms with E-state index in [2.05, 4.69) is 0 Å². The minimum Gasteiger partial charge on any atom is -0.462 e. The summed E-state index contributed by atoms with van der Waals surface area (Å²) in [6.07, 6.45) is 16.5. The maximum atomic E-state index is 14.2. The Bertz CT molecular complexity index is 1320. The number of hydrogen-bond donors (Lipinski definition) is 0. The molecule has 0 N–H and O–H groups in total. The molecule has 2 atom stereocenters. The van der Waals surface area contributed by atoms with Crippen LogP contribution in [0.25, 0.3) is 0 Å². The number of ether oxygens (including phenoxy) is 5. The zero-order valence-electron chi connectivity index (χ0n) is 30.3. The van der Waals surface area contributed by atoms with Crippen molar-refractivity contribution in [3.63, 3.8) is 0 Å². The van der Waals surface area contributed by atoms with Gasteiger partial charge in [-0.15, -0.1) is 0 Å². The van der Waals surface area contributed by atoms with Gasteiger partial charge in [-0.2, -0.15) is 0 Å². The van der Waals surface area contributed by atoms with Crippen molar-refractivity contribution in [3.05, 3.63) is 0 Å². The Labute approximate surface area is 300 Å². The number of rotatable bonds is 9. The van der Waals surface area contributed by atoms with E-state index in [1.165, 1.54) is 38.5 Å². The molecule has 0 aromatic rings. The van der Waals surface area contributed by atoms with Gasteiger partial charge in [0.05, 0.1) is 22.9 Å². The van der Waals surface area contributed by atoms with Gasteiger partial charge in [0.1, 0.15) is 18.8 Å². The SMILES string of the molecule is CC(F)(F)COC(=O)C12CC3CC(C1)C1(OCCC(COC(=O)C45CC6CC(CC(C6)C4)C5)(COC(=O)C45CC6CC(CC(C6)C4)C5)O1)C(C3)C2. The van der Waals surface area contributed by atoms with Crippen molar-refractivity contribution in [3.8, 4) is 0 Å². The van der Waals surface area contributed by atoms with Crippen LogP contribution < -0.4 is 0 Å². The second kappa shape index (κ2) is 11.4. The highest BCUT2D eigenvalue weighted by molar-refractivity contribution is 5.79. The minimum atomic E-state index is -3.09. The first-order valence-electron chi connectivity index (χ1n) is 20.5. The summed E-state index contributed by atoms with van der Waals surface area (Å²) in [5.41, 5.74) is -2.73. The summed E-state index contributed by atoms with van der Waals surface area (Å²) < 4.78 is 59.4. The summed E-state index contributed by atoms with van der Waals surface area (Å²) in [4.78, 5) is 41.8. The summed E-state index contributed by atoms with van der Waals surface area (Å²) >= 11 is 0. The van der Waals surface area contributed by atoms with Gasteiger partial charge >= 0.3 is 17.9 Å². The molecule has 0 amide bonds. The lowest BCUT2D eigenvalue weighted by Gasteiger charge is -2.65. The number of alkyl halides is 2. The summed E-state index contributed by atoms with van der Waals surface area (Å²) in [5.74, 6) is -1.24. The highest BCUT2D eigenvalue weighted by Gasteiger charge is 2.69. The fraction of sp³-hybridized carbons (Fsp3) is 0.927. The molecule has 2 unspecified atom stereocenters. The molecule has 282 valence electrons. The zero-order valence-corrected chi connectivity index (χ0v) is 30.3. The van der Waals surface area contributed by atoms with Gasteiger partial charge in [-0.1, -0.05) is 0 Å². The molecule has 1 heterocycles. The Morgan fingerprint density at radius 1 is 0.588 bits per heavy atom. The van der Waals surface area contributed by atoms with Crippen LogP contribution in [-0.2, 0) is 38.1 Å². The molecule has 0 aromatic heterocycles. The number of esters is 3. The fourth-order valence-electron chi connectivity index (χ4n) is 15.4. The Morgan fingerprint density at radius 2 is 0.961 bits per heavy atom. The summed E-state index contributed by atoms with van der Waals surface area (Å²) in [6, 6.07) is 0. The monoisotopic (exact) mass is 714 g/mol. The van der Waals surface area contributed by atoms with Gasteiger partial charge in [0.25, 0.3) is 5.92 Å². The minimum absolute atomic E-state index is 0.00842. The van der Waals surface area contributed by atoms with E-state index in [1.54, 1.807) is 0 Å². The molecule has 13 aliphatic rings. The zero-order chi connectivity index (χ0) is 35.0. The highest BCUT2D eigenvalue weighted by atomic mass is 19.3. The van der Waals surface area contributed by atoms with Crippen molar-refractivity contribution in [2.45, 2.75) is 140 Å². The van der Waals surface area contributed by atoms with Gasteiger partial charge < -0.3 is 23.7 Å². The number of carbonyl (C=O) groups excluding carboxylic acids is 3. The second-order valence-corrected chi connectivity index (χ2v) is 20.4. The highest BCUT2D eigenvalue weighted by Crippen LogP contribution is 2.67. The predicted octanol–water partition coefficient (Wildman–Crippen LogP) is 7.40. The van der Waals surface area contributed by atoms with Gasteiger partial charge in [0, 0.05) is 25.2 Å². The van der Waals surface area contributed by atoms with Crippen molar-refractivity contribution in [2.24, 2.45) is 69.5 Å². The van der Waals surface area contributed by atoms with Crippen LogP contribution in [0.4, 0.5) is 8.78 Å². The van der Waals surface area contributed by atoms with Crippen molar-refractivity contribution in [2.75, 3.05) is 26.4 Å². The maximum Gasteiger partial charge on any atom is 0.312 e. The first kappa shape index (κ1) is 33.7. The standard InChI is InChI=1S/C41H56F2O8/c1-36(42,43)21-47-35(46)39-18-30-10-31(19-39)41(32(11-30)20-39)50-3-2-40(51-41,22-48-33(44)37-12-24-4-25(13-37)6-26(5-24)14-37)23-49-34(45)38-15-27-7-28(16-38)9-29(8-27)17-38/h24-32H,2-23H2,1H3. The average Bonchev–Trinajstić information content (AvgIpc) is 3.06. The van der Waals surface area contributed by atoms with E-state index in [0.717, 1.165) is 58.3 Å². The number of carbonyl (C=O) groups is 3. The summed E-state index contributed by atoms with van der Waals surface area (Å²) in [7, 11) is 0. The van der Waals surface area contributed by atoms with Gasteiger partial charge in [-0.3, -0.25) is 14.4 Å². The number of hydrogen-bond acceptors (Lipinski definition) is 8. The second-order valence-electron chi connectivity index (χ2n) is 20.4. The van der Waals surface area contributed by atoms with Gasteiger partial charge in [0.15, 0.2) is 12.4 Å². The largest absolute Gasteiger partial charge is 0.462 e. The van der Waals surface area contributed by atoms with Gasteiger partial charge in [0.2, 0.25) is 0 Å². The topological polar surface area (TPSA) is 97.4 Å². The molecular formula is C41H56F2O8. The van der Waals surface area contributed by atoms with Crippen LogP contribution in [0.2, 0.25) is 0 Å². The van der Waals surface area contributed by atoms with Crippen molar-refractivity contribution in [1.29, 1.82) is 0 Å². The van der Waals surface area contributed by atoms with Crippen molar-refractivity contribution in [1.82, 2.24) is 0 Å². The molecule has 13 fully saturated rings. The Balaban J connectivity index is 0.907. The fourth-order valence-corrected chi connectivity index (χ4v) is 15.4. The Kier molecular flexibility index (Phi) is 7.52. The number of halogens is 2. The van der Waals surface area contributed by atoms with E-state index in [1.807, 2.05) is 0 Å². The predicted molar refractivity (Wildman–Crippen MR) is 178 cm³/mol. The first-order chi connectivity index (χ1) is 24.3. The lowest BCUT2D eigenvalue weighted by molar-refractivity contribution is -0.411. The molecular weight excluding hydrogens is 658 g/mol. The van der Waals surface area contributed by atoms with E-state index in [0.29, 0.717) is 67.8 Å². The van der Waals surface area contributed by atoms with Crippen LogP contribution in [0, 0.1) is 69.5 Å². The molecule has 0 aromatic carbocycles. The molecule has 13 rings (SSSR count). The van der Waals surface area contributed by atoms with Crippen LogP contribution in [0.5, 0.6) is 0 Å². The van der Waals surface area contributed by atoms with Crippen LogP contribution in [-0.4, -0.2) is 61.6 Å². The van der Waals surface area contributed by atoms with Gasteiger partial charge in [-0.25, -0.2) is 8.78 Å². The van der Waals surface area contributed by atoms with Crippen LogP contribution in [0.3, 0.4) is 0 Å². The maximum absolute atomic E-state index is 14.2. The smallest absolute Gasteiger partial charge is 0.312 e. The van der Waals surface area contributed by atoms with E-state index in [4.69, 9.17) is 23.7 Å². The van der Waals surface area contributed by atoms with Crippen molar-refractivity contribution >= 4 is 17.9 Å². The first-order valence-corrected chi connectivity index (χ1v) is 20.5. The molecule has 1 spiro atoms. The lowest BCUT2D eigenvalue weighted by Crippen LogP contribution is -2.70. The third kappa shape index (κ3) is 5.46. The molecule has 12 aliphatic carbocycles. The van der Waals surface area contributed by atoms with Crippen LogP contribution in [0.15, 0.2) is 0 Å². The van der Waals surface area contributed by atoms with E-state index >= 15 is 0 Å². The third-order valence-electron chi connectivity index (χ3n) is 16.4. The van der Waals surface area contributed by atoms with Crippen LogP contribution >= 0.6 is 0 Å². The molecule has 1 saturated heterocycles. The molecule has 1 aliphatic heterocycles. The van der Waals surface area contributed by atoms with E-state index in [9.17, 15) is 23.2 Å². The summed E-state index contributed by atoms with van der Waals surface area (Å²) in [6.45, 7) is 0.229. The van der Waals surface area contributed by atoms with Crippen LogP contribution in [0.1, 0.15) is 122 Å². The van der Waals surface area contributed by atoms with E-state index in [-0.39, 0.29) is 42.9 Å². The molecule has 10 heteroatoms. The molecule has 12 bridgehead atoms. The lowest BCUT2D eigenvalue weighted by atomic mass is 9.47. The van der Waals surface area contributed by atoms with Crippen molar-refractivity contribution < 1.29 is 46.8 Å². The normalized spacial score (nSPS) is 51.2. The summed E-state index contributed by atoms with van der Waals surface area (Å²) in [5, 5.41) is 0. The third-order valence-corrected chi connectivity index (χ3v) is 16.4. The molecule has 51 heavy (non-hydrogen) atoms. The Hall–Kier alpha value is -1.81. The molecule has 0 radical (unpaired) electrons.